The third-order valence-electron chi connectivity index (χ3n) is 5.77. The van der Waals surface area contributed by atoms with Crippen LogP contribution in [0.3, 0.4) is 0 Å². The van der Waals surface area contributed by atoms with Gasteiger partial charge in [-0.15, -0.1) is 0 Å². The van der Waals surface area contributed by atoms with E-state index in [4.69, 9.17) is 27.2 Å². The Hall–Kier alpha value is -3.95. The van der Waals surface area contributed by atoms with Gasteiger partial charge in [0.1, 0.15) is 23.6 Å². The molecule has 2 aromatic heterocycles. The average molecular weight is 506 g/mol. The first-order chi connectivity index (χ1) is 17.2. The summed E-state index contributed by atoms with van der Waals surface area (Å²) in [5.74, 6) is 0.857. The van der Waals surface area contributed by atoms with Gasteiger partial charge in [-0.3, -0.25) is 4.79 Å². The van der Waals surface area contributed by atoms with Crippen LogP contribution in [0, 0.1) is 6.92 Å². The Morgan fingerprint density at radius 1 is 1.17 bits per heavy atom. The lowest BCUT2D eigenvalue weighted by Crippen LogP contribution is -2.25. The van der Waals surface area contributed by atoms with Crippen molar-refractivity contribution in [3.8, 4) is 22.7 Å². The Morgan fingerprint density at radius 3 is 2.67 bits per heavy atom. The van der Waals surface area contributed by atoms with Crippen LogP contribution in [0.1, 0.15) is 5.56 Å². The predicted molar refractivity (Wildman–Crippen MR) is 144 cm³/mol. The Balaban J connectivity index is 1.82. The second kappa shape index (κ2) is 10.3. The van der Waals surface area contributed by atoms with Crippen LogP contribution >= 0.6 is 11.6 Å². The number of aryl methyl sites for hydroxylation is 1. The monoisotopic (exact) mass is 505 g/mol. The standard InChI is InChI=1S/C26H28ClN7O2/c1-16-8-9-17(13-21(16)36-5)24-23-25(28)29-15-30-26(23)34(31-24)18-10-11-19(27)20(14-18)33(4)22(35)7-6-12-32(2)3/h6-11,13-15H,12H2,1-5H3,(H2,28,29,30)/b7-6+. The van der Waals surface area contributed by atoms with E-state index in [-0.39, 0.29) is 5.91 Å². The maximum atomic E-state index is 12.7. The predicted octanol–water partition coefficient (Wildman–Crippen LogP) is 4.12. The molecule has 0 atom stereocenters. The van der Waals surface area contributed by atoms with Crippen molar-refractivity contribution in [3.05, 3.63) is 65.5 Å². The van der Waals surface area contributed by atoms with Gasteiger partial charge in [0.15, 0.2) is 5.65 Å². The van der Waals surface area contributed by atoms with Gasteiger partial charge in [-0.1, -0.05) is 29.8 Å². The minimum absolute atomic E-state index is 0.194. The Bertz CT molecular complexity index is 1460. The van der Waals surface area contributed by atoms with Crippen molar-refractivity contribution in [1.29, 1.82) is 0 Å². The minimum Gasteiger partial charge on any atom is -0.496 e. The van der Waals surface area contributed by atoms with Crippen molar-refractivity contribution in [1.82, 2.24) is 24.6 Å². The highest BCUT2D eigenvalue weighted by Crippen LogP contribution is 2.35. The van der Waals surface area contributed by atoms with Crippen LogP contribution in [0.25, 0.3) is 28.0 Å². The molecule has 36 heavy (non-hydrogen) atoms. The number of methoxy groups -OCH3 is 1. The molecule has 0 aliphatic rings. The van der Waals surface area contributed by atoms with Gasteiger partial charge in [0.25, 0.3) is 0 Å². The molecule has 186 valence electrons. The molecule has 0 aliphatic heterocycles. The lowest BCUT2D eigenvalue weighted by molar-refractivity contribution is -0.113. The van der Waals surface area contributed by atoms with Gasteiger partial charge >= 0.3 is 0 Å². The van der Waals surface area contributed by atoms with Gasteiger partial charge in [-0.25, -0.2) is 14.6 Å². The number of hydrogen-bond donors (Lipinski definition) is 1. The van der Waals surface area contributed by atoms with Crippen molar-refractivity contribution in [2.24, 2.45) is 0 Å². The molecule has 0 fully saturated rings. The normalized spacial score (nSPS) is 11.5. The Kier molecular flexibility index (Phi) is 7.23. The van der Waals surface area contributed by atoms with Gasteiger partial charge in [0, 0.05) is 25.2 Å². The fraction of sp³-hybridized carbons (Fsp3) is 0.231. The van der Waals surface area contributed by atoms with Crippen molar-refractivity contribution >= 4 is 40.0 Å². The summed E-state index contributed by atoms with van der Waals surface area (Å²) in [6.45, 7) is 2.62. The first kappa shape index (κ1) is 25.2. The molecule has 0 radical (unpaired) electrons. The minimum atomic E-state index is -0.194. The molecule has 0 bridgehead atoms. The summed E-state index contributed by atoms with van der Waals surface area (Å²) in [6, 6.07) is 11.2. The summed E-state index contributed by atoms with van der Waals surface area (Å²) < 4.78 is 7.18. The number of halogens is 1. The fourth-order valence-electron chi connectivity index (χ4n) is 3.81. The van der Waals surface area contributed by atoms with Gasteiger partial charge in [-0.2, -0.15) is 5.10 Å². The zero-order valence-electron chi connectivity index (χ0n) is 20.9. The topological polar surface area (TPSA) is 102 Å². The number of aromatic nitrogens is 4. The van der Waals surface area contributed by atoms with Crippen LogP contribution in [0.2, 0.25) is 5.02 Å². The van der Waals surface area contributed by atoms with Crippen LogP contribution in [0.15, 0.2) is 54.9 Å². The van der Waals surface area contributed by atoms with E-state index in [1.165, 1.54) is 17.3 Å². The summed E-state index contributed by atoms with van der Waals surface area (Å²) in [5.41, 5.74) is 10.5. The van der Waals surface area contributed by atoms with Crippen LogP contribution in [0.5, 0.6) is 5.75 Å². The highest BCUT2D eigenvalue weighted by atomic mass is 35.5. The van der Waals surface area contributed by atoms with Gasteiger partial charge < -0.3 is 20.3 Å². The van der Waals surface area contributed by atoms with E-state index < -0.39 is 0 Å². The average Bonchev–Trinajstić information content (AvgIpc) is 3.25. The van der Waals surface area contributed by atoms with Gasteiger partial charge in [0.05, 0.1) is 28.9 Å². The van der Waals surface area contributed by atoms with Gasteiger partial charge in [-0.05, 0) is 50.8 Å². The number of amides is 1. The number of nitrogen functional groups attached to an aromatic ring is 1. The first-order valence-electron chi connectivity index (χ1n) is 11.2. The third kappa shape index (κ3) is 4.89. The molecule has 0 saturated carbocycles. The number of rotatable bonds is 7. The summed E-state index contributed by atoms with van der Waals surface area (Å²) in [4.78, 5) is 24.9. The number of ether oxygens (including phenoxy) is 1. The van der Waals surface area contributed by atoms with Gasteiger partial charge in [0.2, 0.25) is 5.91 Å². The molecule has 2 aromatic carbocycles. The first-order valence-corrected chi connectivity index (χ1v) is 11.6. The van der Waals surface area contributed by atoms with Crippen LogP contribution in [-0.2, 0) is 4.79 Å². The van der Waals surface area contributed by atoms with Crippen molar-refractivity contribution in [2.75, 3.05) is 45.4 Å². The largest absolute Gasteiger partial charge is 0.496 e. The lowest BCUT2D eigenvalue weighted by atomic mass is 10.1. The van der Waals surface area contributed by atoms with Crippen molar-refractivity contribution in [2.45, 2.75) is 6.92 Å². The van der Waals surface area contributed by atoms with E-state index in [0.29, 0.717) is 45.5 Å². The molecule has 0 aliphatic carbocycles. The van der Waals surface area contributed by atoms with E-state index in [1.807, 2.05) is 50.2 Å². The molecular weight excluding hydrogens is 478 g/mol. The number of carbonyl (C=O) groups is 1. The zero-order valence-corrected chi connectivity index (χ0v) is 21.6. The van der Waals surface area contributed by atoms with E-state index in [1.54, 1.807) is 37.0 Å². The molecule has 0 spiro atoms. The molecule has 0 saturated heterocycles. The maximum Gasteiger partial charge on any atom is 0.250 e. The number of nitrogens with zero attached hydrogens (tertiary/aromatic N) is 6. The second-order valence-corrected chi connectivity index (χ2v) is 9.01. The molecule has 9 nitrogen and oxygen atoms in total. The Morgan fingerprint density at radius 2 is 1.94 bits per heavy atom. The molecule has 10 heteroatoms. The van der Waals surface area contributed by atoms with E-state index >= 15 is 0 Å². The van der Waals surface area contributed by atoms with E-state index in [0.717, 1.165) is 16.9 Å². The summed E-state index contributed by atoms with van der Waals surface area (Å²) >= 11 is 6.48. The smallest absolute Gasteiger partial charge is 0.250 e. The van der Waals surface area contributed by atoms with E-state index in [9.17, 15) is 4.79 Å². The molecule has 4 rings (SSSR count). The van der Waals surface area contributed by atoms with Crippen LogP contribution < -0.4 is 15.4 Å². The number of carbonyl (C=O) groups excluding carboxylic acids is 1. The second-order valence-electron chi connectivity index (χ2n) is 8.60. The van der Waals surface area contributed by atoms with Crippen molar-refractivity contribution in [3.63, 3.8) is 0 Å². The summed E-state index contributed by atoms with van der Waals surface area (Å²) in [5, 5.41) is 5.91. The number of hydrogen-bond acceptors (Lipinski definition) is 7. The SMILES string of the molecule is COc1cc(-c2nn(-c3ccc(Cl)c(N(C)C(=O)/C=C/CN(C)C)c3)c3ncnc(N)c23)ccc1C. The molecule has 0 unspecified atom stereocenters. The zero-order chi connectivity index (χ0) is 26.0. The molecule has 4 aromatic rings. The fourth-order valence-corrected chi connectivity index (χ4v) is 4.05. The molecule has 1 amide bonds. The number of benzene rings is 2. The number of likely N-dealkylation sites (N-methyl/N-ethyl adjacent to an activating group) is 2. The molecule has 2 heterocycles. The summed E-state index contributed by atoms with van der Waals surface area (Å²) in [7, 11) is 7.18. The number of nitrogens with two attached hydrogens (primary N) is 1. The number of anilines is 2. The van der Waals surface area contributed by atoms with Crippen molar-refractivity contribution < 1.29 is 9.53 Å². The number of fused-ring (bicyclic) bond motifs is 1. The maximum absolute atomic E-state index is 12.7. The lowest BCUT2D eigenvalue weighted by Gasteiger charge is -2.18. The molecule has 2 N–H and O–H groups in total. The quantitative estimate of drug-likeness (QED) is 0.377. The highest BCUT2D eigenvalue weighted by Gasteiger charge is 2.20. The van der Waals surface area contributed by atoms with Crippen LogP contribution in [0.4, 0.5) is 11.5 Å². The van der Waals surface area contributed by atoms with E-state index in [2.05, 4.69) is 9.97 Å². The molecular formula is C26H28ClN7O2. The summed E-state index contributed by atoms with van der Waals surface area (Å²) in [6.07, 6.45) is 4.74. The highest BCUT2D eigenvalue weighted by molar-refractivity contribution is 6.34. The Labute approximate surface area is 214 Å². The van der Waals surface area contributed by atoms with Crippen LogP contribution in [-0.4, -0.2) is 65.4 Å². The third-order valence-corrected chi connectivity index (χ3v) is 6.09.